The maximum absolute atomic E-state index is 10.1. The van der Waals surface area contributed by atoms with Crippen LogP contribution in [-0.2, 0) is 4.79 Å². The van der Waals surface area contributed by atoms with Crippen molar-refractivity contribution in [3.63, 3.8) is 0 Å². The fourth-order valence-electron chi connectivity index (χ4n) is 2.12. The molecule has 2 saturated carbocycles. The molecule has 1 unspecified atom stereocenters. The molecule has 9 heavy (non-hydrogen) atoms. The van der Waals surface area contributed by atoms with Crippen LogP contribution in [0.4, 0.5) is 0 Å². The van der Waals surface area contributed by atoms with E-state index in [0.717, 1.165) is 18.6 Å². The van der Waals surface area contributed by atoms with Gasteiger partial charge >= 0.3 is 0 Å². The maximum atomic E-state index is 10.1. The Morgan fingerprint density at radius 1 is 1.56 bits per heavy atom. The molecule has 2 aliphatic rings. The van der Waals surface area contributed by atoms with Crippen molar-refractivity contribution in [3.8, 4) is 0 Å². The maximum Gasteiger partial charge on any atom is 0.120 e. The molecule has 0 aliphatic heterocycles. The summed E-state index contributed by atoms with van der Waals surface area (Å²) < 4.78 is 0. The number of aldehydes is 1. The van der Waals surface area contributed by atoms with Gasteiger partial charge in [0.2, 0.25) is 0 Å². The number of carbonyl (C=O) groups is 1. The molecule has 0 aromatic heterocycles. The topological polar surface area (TPSA) is 17.1 Å². The van der Waals surface area contributed by atoms with Crippen LogP contribution in [0.2, 0.25) is 0 Å². The van der Waals surface area contributed by atoms with Crippen LogP contribution in [-0.4, -0.2) is 6.29 Å². The molecule has 1 atom stereocenters. The number of carbonyl (C=O) groups excluding carboxylic acids is 1. The fourth-order valence-corrected chi connectivity index (χ4v) is 2.12. The lowest BCUT2D eigenvalue weighted by Gasteiger charge is -2.26. The summed E-state index contributed by atoms with van der Waals surface area (Å²) in [5, 5.41) is 0. The summed E-state index contributed by atoms with van der Waals surface area (Å²) in [6.45, 7) is 0. The van der Waals surface area contributed by atoms with Gasteiger partial charge in [-0.25, -0.2) is 0 Å². The zero-order valence-electron chi connectivity index (χ0n) is 5.60. The minimum atomic E-state index is 0.709. The second-order valence-corrected chi connectivity index (χ2v) is 3.52. The SMILES string of the molecule is O=CCC1CC12CCC2. The van der Waals surface area contributed by atoms with E-state index in [0.29, 0.717) is 5.41 Å². The van der Waals surface area contributed by atoms with Gasteiger partial charge in [0.1, 0.15) is 6.29 Å². The summed E-state index contributed by atoms with van der Waals surface area (Å²) >= 11 is 0. The molecule has 2 rings (SSSR count). The first kappa shape index (κ1) is 5.45. The van der Waals surface area contributed by atoms with E-state index in [2.05, 4.69) is 0 Å². The third-order valence-corrected chi connectivity index (χ3v) is 3.09. The molecule has 1 nitrogen and oxygen atoms in total. The number of hydrogen-bond donors (Lipinski definition) is 0. The Labute approximate surface area is 55.4 Å². The van der Waals surface area contributed by atoms with Gasteiger partial charge in [-0.05, 0) is 30.6 Å². The van der Waals surface area contributed by atoms with Crippen LogP contribution >= 0.6 is 0 Å². The third-order valence-electron chi connectivity index (χ3n) is 3.09. The van der Waals surface area contributed by atoms with Gasteiger partial charge in [0.15, 0.2) is 0 Å². The molecule has 0 aromatic rings. The second kappa shape index (κ2) is 1.59. The molecular weight excluding hydrogens is 112 g/mol. The summed E-state index contributed by atoms with van der Waals surface area (Å²) in [7, 11) is 0. The van der Waals surface area contributed by atoms with Gasteiger partial charge in [-0.3, -0.25) is 0 Å². The lowest BCUT2D eigenvalue weighted by molar-refractivity contribution is -0.108. The first-order valence-electron chi connectivity index (χ1n) is 3.81. The standard InChI is InChI=1S/C8H12O/c9-5-2-7-6-8(7)3-1-4-8/h5,7H,1-4,6H2. The zero-order valence-corrected chi connectivity index (χ0v) is 5.60. The molecule has 0 amide bonds. The Balaban J connectivity index is 1.86. The largest absolute Gasteiger partial charge is 0.303 e. The van der Waals surface area contributed by atoms with Crippen LogP contribution < -0.4 is 0 Å². The highest BCUT2D eigenvalue weighted by Gasteiger charge is 2.56. The average Bonchev–Trinajstić information content (AvgIpc) is 2.41. The Morgan fingerprint density at radius 3 is 2.67 bits per heavy atom. The van der Waals surface area contributed by atoms with E-state index in [1.165, 1.54) is 25.7 Å². The zero-order chi connectivity index (χ0) is 6.32. The molecule has 1 heteroatoms. The quantitative estimate of drug-likeness (QED) is 0.513. The predicted molar refractivity (Wildman–Crippen MR) is 35.1 cm³/mol. The van der Waals surface area contributed by atoms with E-state index in [1.807, 2.05) is 0 Å². The number of rotatable bonds is 2. The smallest absolute Gasteiger partial charge is 0.120 e. The molecule has 50 valence electrons. The third kappa shape index (κ3) is 0.637. The van der Waals surface area contributed by atoms with Crippen LogP contribution in [0.3, 0.4) is 0 Å². The first-order valence-corrected chi connectivity index (χ1v) is 3.81. The van der Waals surface area contributed by atoms with Crippen LogP contribution in [0, 0.1) is 11.3 Å². The van der Waals surface area contributed by atoms with Gasteiger partial charge in [-0.2, -0.15) is 0 Å². The van der Waals surface area contributed by atoms with Gasteiger partial charge in [0.25, 0.3) is 0 Å². The summed E-state index contributed by atoms with van der Waals surface area (Å²) in [5.74, 6) is 0.795. The van der Waals surface area contributed by atoms with Gasteiger partial charge < -0.3 is 4.79 Å². The number of hydrogen-bond acceptors (Lipinski definition) is 1. The summed E-state index contributed by atoms with van der Waals surface area (Å²) in [4.78, 5) is 10.1. The van der Waals surface area contributed by atoms with Crippen molar-refractivity contribution in [1.29, 1.82) is 0 Å². The van der Waals surface area contributed by atoms with Crippen molar-refractivity contribution in [2.24, 2.45) is 11.3 Å². The molecule has 0 N–H and O–H groups in total. The van der Waals surface area contributed by atoms with Crippen LogP contribution in [0.1, 0.15) is 32.1 Å². The molecule has 0 bridgehead atoms. The molecule has 0 radical (unpaired) electrons. The van der Waals surface area contributed by atoms with Gasteiger partial charge in [-0.1, -0.05) is 6.42 Å². The molecule has 0 saturated heterocycles. The second-order valence-electron chi connectivity index (χ2n) is 3.52. The lowest BCUT2D eigenvalue weighted by atomic mass is 9.79. The Bertz CT molecular complexity index is 136. The van der Waals surface area contributed by atoms with Crippen LogP contribution in [0.5, 0.6) is 0 Å². The Morgan fingerprint density at radius 2 is 2.33 bits per heavy atom. The Hall–Kier alpha value is -0.330. The van der Waals surface area contributed by atoms with E-state index >= 15 is 0 Å². The van der Waals surface area contributed by atoms with E-state index in [9.17, 15) is 4.79 Å². The fraction of sp³-hybridized carbons (Fsp3) is 0.875. The van der Waals surface area contributed by atoms with E-state index in [1.54, 1.807) is 0 Å². The van der Waals surface area contributed by atoms with Crippen molar-refractivity contribution >= 4 is 6.29 Å². The summed E-state index contributed by atoms with van der Waals surface area (Å²) in [6.07, 6.45) is 7.50. The lowest BCUT2D eigenvalue weighted by Crippen LogP contribution is -2.14. The van der Waals surface area contributed by atoms with Gasteiger partial charge in [-0.15, -0.1) is 0 Å². The molecule has 1 spiro atoms. The average molecular weight is 124 g/mol. The van der Waals surface area contributed by atoms with Crippen molar-refractivity contribution in [3.05, 3.63) is 0 Å². The van der Waals surface area contributed by atoms with E-state index < -0.39 is 0 Å². The van der Waals surface area contributed by atoms with Gasteiger partial charge in [0.05, 0.1) is 0 Å². The highest BCUT2D eigenvalue weighted by atomic mass is 16.1. The minimum absolute atomic E-state index is 0.709. The van der Waals surface area contributed by atoms with E-state index in [4.69, 9.17) is 0 Å². The molecule has 0 aromatic carbocycles. The monoisotopic (exact) mass is 124 g/mol. The van der Waals surface area contributed by atoms with Crippen molar-refractivity contribution in [1.82, 2.24) is 0 Å². The minimum Gasteiger partial charge on any atom is -0.303 e. The molecule has 0 heterocycles. The summed E-state index contributed by atoms with van der Waals surface area (Å²) in [6, 6.07) is 0. The Kier molecular flexibility index (Phi) is 0.961. The van der Waals surface area contributed by atoms with Crippen LogP contribution in [0.25, 0.3) is 0 Å². The first-order chi connectivity index (χ1) is 4.37. The van der Waals surface area contributed by atoms with E-state index in [-0.39, 0.29) is 0 Å². The molecular formula is C8H12O. The predicted octanol–water partition coefficient (Wildman–Crippen LogP) is 1.77. The normalized spacial score (nSPS) is 35.8. The van der Waals surface area contributed by atoms with Crippen molar-refractivity contribution < 1.29 is 4.79 Å². The summed E-state index contributed by atoms with van der Waals surface area (Å²) in [5.41, 5.74) is 0.709. The van der Waals surface area contributed by atoms with Crippen molar-refractivity contribution in [2.75, 3.05) is 0 Å². The van der Waals surface area contributed by atoms with Crippen LogP contribution in [0.15, 0.2) is 0 Å². The molecule has 2 fully saturated rings. The molecule has 2 aliphatic carbocycles. The highest BCUT2D eigenvalue weighted by Crippen LogP contribution is 2.66. The highest BCUT2D eigenvalue weighted by molar-refractivity contribution is 5.51. The van der Waals surface area contributed by atoms with Gasteiger partial charge in [0, 0.05) is 6.42 Å². The van der Waals surface area contributed by atoms with Crippen molar-refractivity contribution in [2.45, 2.75) is 32.1 Å².